The van der Waals surface area contributed by atoms with Crippen LogP contribution in [0.2, 0.25) is 0 Å². The molecule has 0 bridgehead atoms. The Balaban J connectivity index is 1.71. The fourth-order valence-corrected chi connectivity index (χ4v) is 3.59. The number of nitrogens with zero attached hydrogens (tertiary/aromatic N) is 1. The van der Waals surface area contributed by atoms with Crippen LogP contribution in [-0.2, 0) is 6.42 Å². The van der Waals surface area contributed by atoms with E-state index in [0.29, 0.717) is 6.61 Å². The van der Waals surface area contributed by atoms with Gasteiger partial charge in [0.05, 0.1) is 11.3 Å². The molecular formula is C23H23NO. The number of rotatable bonds is 3. The van der Waals surface area contributed by atoms with Gasteiger partial charge in [-0.3, -0.25) is 4.99 Å². The Morgan fingerprint density at radius 1 is 0.960 bits per heavy atom. The van der Waals surface area contributed by atoms with Crippen molar-refractivity contribution in [3.05, 3.63) is 77.4 Å². The second kappa shape index (κ2) is 6.03. The van der Waals surface area contributed by atoms with Gasteiger partial charge in [0, 0.05) is 5.56 Å². The number of fused-ring (bicyclic) bond motifs is 3. The van der Waals surface area contributed by atoms with Crippen molar-refractivity contribution < 1.29 is 4.74 Å². The molecule has 2 nitrogen and oxygen atoms in total. The topological polar surface area (TPSA) is 21.6 Å². The molecule has 1 heterocycles. The van der Waals surface area contributed by atoms with Gasteiger partial charge in [0.2, 0.25) is 0 Å². The molecular weight excluding hydrogens is 306 g/mol. The predicted octanol–water partition coefficient (Wildman–Crippen LogP) is 5.35. The SMILES string of the molecule is Cc1ccc(OCC2=NC(C)(C)Cc3c2ccc2ccccc32)cc1. The summed E-state index contributed by atoms with van der Waals surface area (Å²) in [6, 6.07) is 21.2. The molecule has 4 rings (SSSR count). The Morgan fingerprint density at radius 2 is 1.72 bits per heavy atom. The Labute approximate surface area is 149 Å². The van der Waals surface area contributed by atoms with Crippen molar-refractivity contribution >= 4 is 16.5 Å². The van der Waals surface area contributed by atoms with Gasteiger partial charge in [-0.25, -0.2) is 0 Å². The molecule has 0 amide bonds. The van der Waals surface area contributed by atoms with E-state index in [-0.39, 0.29) is 5.54 Å². The van der Waals surface area contributed by atoms with E-state index in [1.165, 1.54) is 27.5 Å². The van der Waals surface area contributed by atoms with Crippen LogP contribution in [0.15, 0.2) is 65.7 Å². The maximum atomic E-state index is 6.03. The molecule has 0 aliphatic carbocycles. The van der Waals surface area contributed by atoms with Crippen molar-refractivity contribution in [2.75, 3.05) is 6.61 Å². The molecule has 0 unspecified atom stereocenters. The molecule has 0 fully saturated rings. The first kappa shape index (κ1) is 15.9. The van der Waals surface area contributed by atoms with Crippen LogP contribution >= 0.6 is 0 Å². The molecule has 0 saturated heterocycles. The maximum Gasteiger partial charge on any atom is 0.130 e. The molecule has 1 aliphatic rings. The molecule has 0 N–H and O–H groups in total. The fourth-order valence-electron chi connectivity index (χ4n) is 3.59. The average molecular weight is 329 g/mol. The minimum atomic E-state index is -0.108. The monoisotopic (exact) mass is 329 g/mol. The van der Waals surface area contributed by atoms with E-state index in [4.69, 9.17) is 9.73 Å². The molecule has 126 valence electrons. The zero-order chi connectivity index (χ0) is 17.4. The van der Waals surface area contributed by atoms with Crippen LogP contribution in [-0.4, -0.2) is 17.9 Å². The van der Waals surface area contributed by atoms with E-state index in [0.717, 1.165) is 17.9 Å². The van der Waals surface area contributed by atoms with Crippen LogP contribution in [0.3, 0.4) is 0 Å². The second-order valence-corrected chi connectivity index (χ2v) is 7.46. The second-order valence-electron chi connectivity index (χ2n) is 7.46. The number of aryl methyl sites for hydroxylation is 1. The van der Waals surface area contributed by atoms with E-state index in [9.17, 15) is 0 Å². The Kier molecular flexibility index (Phi) is 3.84. The molecule has 25 heavy (non-hydrogen) atoms. The lowest BCUT2D eigenvalue weighted by Gasteiger charge is -2.30. The molecule has 0 aromatic heterocycles. The lowest BCUT2D eigenvalue weighted by Crippen LogP contribution is -2.31. The third kappa shape index (κ3) is 3.17. The van der Waals surface area contributed by atoms with Crippen molar-refractivity contribution in [2.24, 2.45) is 4.99 Å². The molecule has 0 radical (unpaired) electrons. The number of hydrogen-bond acceptors (Lipinski definition) is 2. The summed E-state index contributed by atoms with van der Waals surface area (Å²) in [5.41, 5.74) is 4.78. The normalized spacial score (nSPS) is 15.6. The fraction of sp³-hybridized carbons (Fsp3) is 0.261. The van der Waals surface area contributed by atoms with Gasteiger partial charge in [-0.2, -0.15) is 0 Å². The number of ether oxygens (including phenoxy) is 1. The van der Waals surface area contributed by atoms with Gasteiger partial charge in [0.1, 0.15) is 12.4 Å². The van der Waals surface area contributed by atoms with Crippen LogP contribution in [0.25, 0.3) is 10.8 Å². The van der Waals surface area contributed by atoms with E-state index >= 15 is 0 Å². The minimum Gasteiger partial charge on any atom is -0.487 e. The highest BCUT2D eigenvalue weighted by molar-refractivity contribution is 6.07. The molecule has 1 aliphatic heterocycles. The third-order valence-electron chi connectivity index (χ3n) is 4.80. The van der Waals surface area contributed by atoms with Crippen molar-refractivity contribution in [1.82, 2.24) is 0 Å². The molecule has 3 aromatic carbocycles. The highest BCUT2D eigenvalue weighted by Crippen LogP contribution is 2.32. The highest BCUT2D eigenvalue weighted by Gasteiger charge is 2.28. The number of aliphatic imine (C=N–C) groups is 1. The molecule has 2 heteroatoms. The summed E-state index contributed by atoms with van der Waals surface area (Å²) >= 11 is 0. The first-order valence-corrected chi connectivity index (χ1v) is 8.81. The van der Waals surface area contributed by atoms with Gasteiger partial charge in [-0.15, -0.1) is 0 Å². The van der Waals surface area contributed by atoms with E-state index in [2.05, 4.69) is 69.3 Å². The lowest BCUT2D eigenvalue weighted by molar-refractivity contribution is 0.372. The zero-order valence-electron chi connectivity index (χ0n) is 15.0. The van der Waals surface area contributed by atoms with E-state index < -0.39 is 0 Å². The highest BCUT2D eigenvalue weighted by atomic mass is 16.5. The van der Waals surface area contributed by atoms with Gasteiger partial charge in [0.15, 0.2) is 0 Å². The van der Waals surface area contributed by atoms with Crippen LogP contribution in [0.4, 0.5) is 0 Å². The summed E-state index contributed by atoms with van der Waals surface area (Å²) in [5.74, 6) is 0.888. The van der Waals surface area contributed by atoms with Crippen LogP contribution in [0.1, 0.15) is 30.5 Å². The molecule has 0 saturated carbocycles. The van der Waals surface area contributed by atoms with E-state index in [1.54, 1.807) is 0 Å². The van der Waals surface area contributed by atoms with Gasteiger partial charge in [-0.05, 0) is 55.7 Å². The van der Waals surface area contributed by atoms with Crippen LogP contribution < -0.4 is 4.74 Å². The Bertz CT molecular complexity index is 951. The third-order valence-corrected chi connectivity index (χ3v) is 4.80. The van der Waals surface area contributed by atoms with Crippen molar-refractivity contribution in [3.63, 3.8) is 0 Å². The van der Waals surface area contributed by atoms with E-state index in [1.807, 2.05) is 12.1 Å². The summed E-state index contributed by atoms with van der Waals surface area (Å²) in [7, 11) is 0. The summed E-state index contributed by atoms with van der Waals surface area (Å²) in [4.78, 5) is 4.99. The summed E-state index contributed by atoms with van der Waals surface area (Å²) < 4.78 is 6.03. The zero-order valence-corrected chi connectivity index (χ0v) is 15.0. The number of benzene rings is 3. The van der Waals surface area contributed by atoms with Gasteiger partial charge < -0.3 is 4.74 Å². The Hall–Kier alpha value is -2.61. The number of hydrogen-bond donors (Lipinski definition) is 0. The van der Waals surface area contributed by atoms with Crippen LogP contribution in [0, 0.1) is 6.92 Å². The van der Waals surface area contributed by atoms with Crippen molar-refractivity contribution in [3.8, 4) is 5.75 Å². The first-order chi connectivity index (χ1) is 12.0. The van der Waals surface area contributed by atoms with Crippen LogP contribution in [0.5, 0.6) is 5.75 Å². The average Bonchev–Trinajstić information content (AvgIpc) is 2.60. The van der Waals surface area contributed by atoms with Gasteiger partial charge >= 0.3 is 0 Å². The summed E-state index contributed by atoms with van der Waals surface area (Å²) in [6.07, 6.45) is 0.956. The summed E-state index contributed by atoms with van der Waals surface area (Å²) in [6.45, 7) is 6.98. The molecule has 0 atom stereocenters. The predicted molar refractivity (Wildman–Crippen MR) is 105 cm³/mol. The maximum absolute atomic E-state index is 6.03. The van der Waals surface area contributed by atoms with Gasteiger partial charge in [0.25, 0.3) is 0 Å². The standard InChI is InChI=1S/C23H23NO/c1-16-8-11-18(12-9-16)25-15-22-20-13-10-17-6-4-5-7-19(17)21(20)14-23(2,3)24-22/h4-13H,14-15H2,1-3H3. The van der Waals surface area contributed by atoms with Crippen molar-refractivity contribution in [2.45, 2.75) is 32.7 Å². The first-order valence-electron chi connectivity index (χ1n) is 8.81. The van der Waals surface area contributed by atoms with Crippen molar-refractivity contribution in [1.29, 1.82) is 0 Å². The smallest absolute Gasteiger partial charge is 0.130 e. The van der Waals surface area contributed by atoms with Gasteiger partial charge in [-0.1, -0.05) is 54.1 Å². The Morgan fingerprint density at radius 3 is 2.52 bits per heavy atom. The lowest BCUT2D eigenvalue weighted by atomic mass is 9.84. The summed E-state index contributed by atoms with van der Waals surface area (Å²) in [5, 5.41) is 2.62. The quantitative estimate of drug-likeness (QED) is 0.634. The molecule has 3 aromatic rings. The largest absolute Gasteiger partial charge is 0.487 e. The minimum absolute atomic E-state index is 0.108. The molecule has 0 spiro atoms.